The average Bonchev–Trinajstić information content (AvgIpc) is 3.38. The summed E-state index contributed by atoms with van der Waals surface area (Å²) in [4.78, 5) is 29.2. The van der Waals surface area contributed by atoms with E-state index in [-0.39, 0.29) is 30.8 Å². The topological polar surface area (TPSA) is 49.4 Å². The minimum Gasteiger partial charge on any atom is -0.352 e. The Hall–Kier alpha value is -2.24. The Kier molecular flexibility index (Phi) is 9.77. The molecule has 4 nitrogen and oxygen atoms in total. The lowest BCUT2D eigenvalue weighted by Crippen LogP contribution is -2.52. The summed E-state index contributed by atoms with van der Waals surface area (Å²) in [7, 11) is 0. The Balaban J connectivity index is 1.69. The van der Waals surface area contributed by atoms with Gasteiger partial charge in [0.2, 0.25) is 11.8 Å². The van der Waals surface area contributed by atoms with E-state index < -0.39 is 6.04 Å². The fourth-order valence-electron chi connectivity index (χ4n) is 4.68. The molecule has 8 heteroatoms. The third kappa shape index (κ3) is 7.64. The van der Waals surface area contributed by atoms with Crippen LogP contribution < -0.4 is 5.32 Å². The Morgan fingerprint density at radius 3 is 2.03 bits per heavy atom. The van der Waals surface area contributed by atoms with Gasteiger partial charge in [-0.1, -0.05) is 102 Å². The lowest BCUT2D eigenvalue weighted by Gasteiger charge is -2.33. The first-order valence-electron chi connectivity index (χ1n) is 12.3. The summed E-state index contributed by atoms with van der Waals surface area (Å²) in [5.74, 6) is -0.408. The highest BCUT2D eigenvalue weighted by atomic mass is 35.5. The van der Waals surface area contributed by atoms with Gasteiger partial charge in [-0.15, -0.1) is 0 Å². The molecule has 1 aliphatic rings. The van der Waals surface area contributed by atoms with Crippen LogP contribution in [-0.4, -0.2) is 28.8 Å². The van der Waals surface area contributed by atoms with Crippen LogP contribution >= 0.6 is 46.4 Å². The monoisotopic (exact) mass is 576 g/mol. The molecule has 2 amide bonds. The Labute approximate surface area is 237 Å². The van der Waals surface area contributed by atoms with Crippen molar-refractivity contribution in [1.29, 1.82) is 0 Å². The highest BCUT2D eigenvalue weighted by molar-refractivity contribution is 6.35. The van der Waals surface area contributed by atoms with E-state index in [0.29, 0.717) is 37.6 Å². The number of benzene rings is 3. The fraction of sp³-hybridized carbons (Fsp3) is 0.310. The maximum atomic E-state index is 13.9. The van der Waals surface area contributed by atoms with Crippen molar-refractivity contribution < 1.29 is 9.59 Å². The predicted molar refractivity (Wildman–Crippen MR) is 152 cm³/mol. The molecular formula is C29H28Cl4N2O2. The van der Waals surface area contributed by atoms with Gasteiger partial charge in [0.25, 0.3) is 0 Å². The van der Waals surface area contributed by atoms with Gasteiger partial charge in [0, 0.05) is 39.1 Å². The molecular weight excluding hydrogens is 550 g/mol. The number of hydrogen-bond acceptors (Lipinski definition) is 2. The molecule has 0 spiro atoms. The standard InChI is InChI=1S/C29H28Cl4N2O2/c30-22-12-10-20(25(32)16-22)15-28(36)35(18-21-11-13-23(31)17-26(21)33)27(14-19-6-2-1-3-7-19)29(37)34-24-8-4-5-9-24/h1-3,6-7,10-13,16-17,24,27H,4-5,8-9,14-15,18H2,(H,34,37)/t27-/m0/s1. The van der Waals surface area contributed by atoms with Gasteiger partial charge in [-0.05, 0) is 53.8 Å². The van der Waals surface area contributed by atoms with Crippen LogP contribution in [0.25, 0.3) is 0 Å². The number of amides is 2. The zero-order chi connectivity index (χ0) is 26.4. The average molecular weight is 578 g/mol. The number of carbonyl (C=O) groups excluding carboxylic acids is 2. The molecule has 1 saturated carbocycles. The van der Waals surface area contributed by atoms with Crippen LogP contribution in [0.1, 0.15) is 42.4 Å². The molecule has 0 saturated heterocycles. The van der Waals surface area contributed by atoms with Crippen molar-refractivity contribution in [3.63, 3.8) is 0 Å². The summed E-state index contributed by atoms with van der Waals surface area (Å²) in [5.41, 5.74) is 2.30. The van der Waals surface area contributed by atoms with E-state index in [1.807, 2.05) is 30.3 Å². The molecule has 194 valence electrons. The maximum absolute atomic E-state index is 13.9. The molecule has 37 heavy (non-hydrogen) atoms. The Bertz CT molecular complexity index is 1250. The fourth-order valence-corrected chi connectivity index (χ4v) is 5.63. The zero-order valence-electron chi connectivity index (χ0n) is 20.2. The van der Waals surface area contributed by atoms with Gasteiger partial charge in [-0.2, -0.15) is 0 Å². The molecule has 0 aliphatic heterocycles. The summed E-state index contributed by atoms with van der Waals surface area (Å²) in [6, 6.07) is 19.3. The molecule has 0 unspecified atom stereocenters. The molecule has 1 aliphatic carbocycles. The third-order valence-corrected chi connectivity index (χ3v) is 7.86. The van der Waals surface area contributed by atoms with Crippen molar-refractivity contribution in [3.8, 4) is 0 Å². The number of rotatable bonds is 9. The molecule has 0 heterocycles. The predicted octanol–water partition coefficient (Wildman–Crippen LogP) is 7.54. The van der Waals surface area contributed by atoms with E-state index in [4.69, 9.17) is 46.4 Å². The first-order valence-corrected chi connectivity index (χ1v) is 13.8. The molecule has 1 N–H and O–H groups in total. The van der Waals surface area contributed by atoms with Gasteiger partial charge >= 0.3 is 0 Å². The summed E-state index contributed by atoms with van der Waals surface area (Å²) in [5, 5.41) is 5.02. The van der Waals surface area contributed by atoms with Gasteiger partial charge in [0.15, 0.2) is 0 Å². The first-order chi connectivity index (χ1) is 17.8. The quantitative estimate of drug-likeness (QED) is 0.285. The minimum atomic E-state index is -0.742. The van der Waals surface area contributed by atoms with E-state index >= 15 is 0 Å². The maximum Gasteiger partial charge on any atom is 0.243 e. The summed E-state index contributed by atoms with van der Waals surface area (Å²) >= 11 is 25.1. The second-order valence-electron chi connectivity index (χ2n) is 9.37. The number of nitrogens with zero attached hydrogens (tertiary/aromatic N) is 1. The molecule has 1 fully saturated rings. The van der Waals surface area contributed by atoms with Crippen LogP contribution in [0.5, 0.6) is 0 Å². The molecule has 0 radical (unpaired) electrons. The van der Waals surface area contributed by atoms with Crippen LogP contribution in [0.2, 0.25) is 20.1 Å². The highest BCUT2D eigenvalue weighted by Crippen LogP contribution is 2.27. The second kappa shape index (κ2) is 13.0. The Morgan fingerprint density at radius 2 is 1.43 bits per heavy atom. The number of nitrogens with one attached hydrogen (secondary N) is 1. The van der Waals surface area contributed by atoms with Crippen molar-refractivity contribution >= 4 is 58.2 Å². The molecule has 0 aromatic heterocycles. The Morgan fingerprint density at radius 1 is 0.838 bits per heavy atom. The van der Waals surface area contributed by atoms with E-state index in [9.17, 15) is 9.59 Å². The molecule has 3 aromatic rings. The van der Waals surface area contributed by atoms with Gasteiger partial charge in [-0.25, -0.2) is 0 Å². The van der Waals surface area contributed by atoms with Crippen LogP contribution in [0.3, 0.4) is 0 Å². The summed E-state index contributed by atoms with van der Waals surface area (Å²) < 4.78 is 0. The van der Waals surface area contributed by atoms with Gasteiger partial charge in [0.05, 0.1) is 6.42 Å². The molecule has 4 rings (SSSR count). The van der Waals surface area contributed by atoms with Crippen molar-refractivity contribution in [2.75, 3.05) is 0 Å². The summed E-state index contributed by atoms with van der Waals surface area (Å²) in [6.07, 6.45) is 4.45. The smallest absolute Gasteiger partial charge is 0.243 e. The second-order valence-corrected chi connectivity index (χ2v) is 11.1. The highest BCUT2D eigenvalue weighted by Gasteiger charge is 2.32. The zero-order valence-corrected chi connectivity index (χ0v) is 23.3. The van der Waals surface area contributed by atoms with Crippen LogP contribution in [-0.2, 0) is 29.0 Å². The van der Waals surface area contributed by atoms with Crippen molar-refractivity contribution in [1.82, 2.24) is 10.2 Å². The molecule has 3 aromatic carbocycles. The molecule has 1 atom stereocenters. The number of carbonyl (C=O) groups is 2. The normalized spacial score (nSPS) is 14.4. The minimum absolute atomic E-state index is 0.0171. The van der Waals surface area contributed by atoms with Crippen LogP contribution in [0.4, 0.5) is 0 Å². The van der Waals surface area contributed by atoms with E-state index in [2.05, 4.69) is 5.32 Å². The SMILES string of the molecule is O=C(NC1CCCC1)[C@H](Cc1ccccc1)N(Cc1ccc(Cl)cc1Cl)C(=O)Cc1ccc(Cl)cc1Cl. The molecule has 0 bridgehead atoms. The van der Waals surface area contributed by atoms with E-state index in [1.165, 1.54) is 0 Å². The van der Waals surface area contributed by atoms with Crippen LogP contribution in [0.15, 0.2) is 66.7 Å². The lowest BCUT2D eigenvalue weighted by atomic mass is 10.0. The first kappa shape index (κ1) is 27.8. The van der Waals surface area contributed by atoms with Crippen LogP contribution in [0, 0.1) is 0 Å². The van der Waals surface area contributed by atoms with Crippen molar-refractivity contribution in [2.45, 2.75) is 57.2 Å². The van der Waals surface area contributed by atoms with Gasteiger partial charge in [0.1, 0.15) is 6.04 Å². The van der Waals surface area contributed by atoms with Crippen molar-refractivity contribution in [3.05, 3.63) is 104 Å². The third-order valence-electron chi connectivity index (χ3n) is 6.69. The number of halogens is 4. The van der Waals surface area contributed by atoms with E-state index in [1.54, 1.807) is 41.3 Å². The van der Waals surface area contributed by atoms with E-state index in [0.717, 1.165) is 31.2 Å². The summed E-state index contributed by atoms with van der Waals surface area (Å²) in [6.45, 7) is 0.148. The van der Waals surface area contributed by atoms with Gasteiger partial charge < -0.3 is 10.2 Å². The lowest BCUT2D eigenvalue weighted by molar-refractivity contribution is -0.141. The van der Waals surface area contributed by atoms with Crippen molar-refractivity contribution in [2.24, 2.45) is 0 Å². The largest absolute Gasteiger partial charge is 0.352 e. The number of hydrogen-bond donors (Lipinski definition) is 1. The van der Waals surface area contributed by atoms with Gasteiger partial charge in [-0.3, -0.25) is 9.59 Å².